The molecule has 4 rings (SSSR count). The predicted octanol–water partition coefficient (Wildman–Crippen LogP) is 8.11. The fourth-order valence-corrected chi connectivity index (χ4v) is 6.17. The maximum atomic E-state index is 7.13. The van der Waals surface area contributed by atoms with Gasteiger partial charge in [0.1, 0.15) is 30.5 Å². The van der Waals surface area contributed by atoms with Gasteiger partial charge in [0, 0.05) is 0 Å². The van der Waals surface area contributed by atoms with E-state index in [0.29, 0.717) is 26.4 Å². The SMILES string of the molecule is C=C(C)[C@@H]1O[C@H](COCc2ccccc2)[C@@H](OCc2ccccc2)[C@H](OCc2ccccc2)[C@H]1O[Si](C)(C)C(C)(C)C. The van der Waals surface area contributed by atoms with Crippen molar-refractivity contribution in [1.29, 1.82) is 0 Å². The molecule has 5 atom stereocenters. The van der Waals surface area contributed by atoms with Crippen molar-refractivity contribution in [2.24, 2.45) is 0 Å². The smallest absolute Gasteiger partial charge is 0.192 e. The zero-order valence-corrected chi connectivity index (χ0v) is 27.1. The Morgan fingerprint density at radius 3 is 1.62 bits per heavy atom. The molecule has 6 heteroatoms. The second-order valence-electron chi connectivity index (χ2n) is 12.8. The molecule has 0 unspecified atom stereocenters. The van der Waals surface area contributed by atoms with Gasteiger partial charge in [-0.2, -0.15) is 0 Å². The Morgan fingerprint density at radius 1 is 0.714 bits per heavy atom. The Bertz CT molecular complexity index is 1230. The van der Waals surface area contributed by atoms with Gasteiger partial charge in [0.05, 0.1) is 26.4 Å². The van der Waals surface area contributed by atoms with E-state index in [1.807, 2.05) is 61.5 Å². The van der Waals surface area contributed by atoms with Gasteiger partial charge in [0.25, 0.3) is 0 Å². The van der Waals surface area contributed by atoms with E-state index in [1.165, 1.54) is 0 Å². The highest BCUT2D eigenvalue weighted by molar-refractivity contribution is 6.74. The molecule has 3 aromatic rings. The topological polar surface area (TPSA) is 46.2 Å². The molecule has 226 valence electrons. The minimum atomic E-state index is -2.23. The third-order valence-electron chi connectivity index (χ3n) is 8.32. The van der Waals surface area contributed by atoms with Crippen LogP contribution < -0.4 is 0 Å². The second kappa shape index (κ2) is 14.7. The fraction of sp³-hybridized carbons (Fsp3) is 0.444. The Balaban J connectivity index is 1.66. The number of hydrogen-bond acceptors (Lipinski definition) is 5. The lowest BCUT2D eigenvalue weighted by Gasteiger charge is -2.50. The van der Waals surface area contributed by atoms with Crippen molar-refractivity contribution in [1.82, 2.24) is 0 Å². The van der Waals surface area contributed by atoms with Gasteiger partial charge in [-0.3, -0.25) is 0 Å². The molecule has 1 aliphatic rings. The largest absolute Gasteiger partial charge is 0.408 e. The molecular formula is C36H48O5Si. The summed E-state index contributed by atoms with van der Waals surface area (Å²) < 4.78 is 33.7. The van der Waals surface area contributed by atoms with E-state index in [1.54, 1.807) is 0 Å². The second-order valence-corrected chi connectivity index (χ2v) is 17.6. The Kier molecular flexibility index (Phi) is 11.3. The van der Waals surface area contributed by atoms with Crippen LogP contribution in [0.15, 0.2) is 103 Å². The molecular weight excluding hydrogens is 540 g/mol. The van der Waals surface area contributed by atoms with E-state index in [2.05, 4.69) is 76.8 Å². The average molecular weight is 589 g/mol. The average Bonchev–Trinajstić information content (AvgIpc) is 2.96. The van der Waals surface area contributed by atoms with Crippen molar-refractivity contribution >= 4 is 8.32 Å². The van der Waals surface area contributed by atoms with Crippen LogP contribution in [0.25, 0.3) is 0 Å². The molecule has 0 aliphatic carbocycles. The summed E-state index contributed by atoms with van der Waals surface area (Å²) in [5, 5.41) is 0.00659. The molecule has 1 aliphatic heterocycles. The van der Waals surface area contributed by atoms with Crippen molar-refractivity contribution < 1.29 is 23.4 Å². The summed E-state index contributed by atoms with van der Waals surface area (Å²) in [7, 11) is -2.23. The van der Waals surface area contributed by atoms with Crippen molar-refractivity contribution in [3.05, 3.63) is 120 Å². The zero-order valence-electron chi connectivity index (χ0n) is 26.1. The van der Waals surface area contributed by atoms with Crippen LogP contribution in [-0.2, 0) is 43.2 Å². The summed E-state index contributed by atoms with van der Waals surface area (Å²) >= 11 is 0. The Morgan fingerprint density at radius 2 is 1.17 bits per heavy atom. The third-order valence-corrected chi connectivity index (χ3v) is 12.8. The molecule has 5 nitrogen and oxygen atoms in total. The van der Waals surface area contributed by atoms with Crippen LogP contribution in [-0.4, -0.2) is 45.4 Å². The van der Waals surface area contributed by atoms with Gasteiger partial charge in [-0.1, -0.05) is 118 Å². The molecule has 0 amide bonds. The van der Waals surface area contributed by atoms with Crippen LogP contribution in [0.5, 0.6) is 0 Å². The number of benzene rings is 3. The van der Waals surface area contributed by atoms with E-state index in [4.69, 9.17) is 23.4 Å². The van der Waals surface area contributed by atoms with Crippen LogP contribution in [0.2, 0.25) is 18.1 Å². The lowest BCUT2D eigenvalue weighted by atomic mass is 9.91. The number of rotatable bonds is 13. The summed E-state index contributed by atoms with van der Waals surface area (Å²) in [6, 6.07) is 30.7. The summed E-state index contributed by atoms with van der Waals surface area (Å²) in [4.78, 5) is 0. The normalized spacial score (nSPS) is 23.0. The van der Waals surface area contributed by atoms with Crippen LogP contribution in [0.1, 0.15) is 44.4 Å². The lowest BCUT2D eigenvalue weighted by molar-refractivity contribution is -0.250. The molecule has 1 heterocycles. The molecule has 0 aromatic heterocycles. The lowest BCUT2D eigenvalue weighted by Crippen LogP contribution is -2.64. The van der Waals surface area contributed by atoms with Crippen LogP contribution in [0.4, 0.5) is 0 Å². The highest BCUT2D eigenvalue weighted by Crippen LogP contribution is 2.41. The van der Waals surface area contributed by atoms with Gasteiger partial charge >= 0.3 is 0 Å². The van der Waals surface area contributed by atoms with E-state index in [0.717, 1.165) is 22.3 Å². The summed E-state index contributed by atoms with van der Waals surface area (Å²) in [5.41, 5.74) is 4.21. The van der Waals surface area contributed by atoms with E-state index < -0.39 is 20.5 Å². The monoisotopic (exact) mass is 588 g/mol. The van der Waals surface area contributed by atoms with Gasteiger partial charge in [-0.15, -0.1) is 0 Å². The molecule has 0 spiro atoms. The Labute approximate surface area is 253 Å². The quantitative estimate of drug-likeness (QED) is 0.149. The highest BCUT2D eigenvalue weighted by Gasteiger charge is 2.52. The first-order chi connectivity index (χ1) is 20.0. The van der Waals surface area contributed by atoms with Crippen LogP contribution >= 0.6 is 0 Å². The van der Waals surface area contributed by atoms with Gasteiger partial charge in [0.15, 0.2) is 8.32 Å². The number of hydrogen-bond donors (Lipinski definition) is 0. The highest BCUT2D eigenvalue weighted by atomic mass is 28.4. The minimum Gasteiger partial charge on any atom is -0.408 e. The van der Waals surface area contributed by atoms with Gasteiger partial charge in [0.2, 0.25) is 0 Å². The molecule has 42 heavy (non-hydrogen) atoms. The molecule has 1 saturated heterocycles. The van der Waals surface area contributed by atoms with E-state index >= 15 is 0 Å². The maximum Gasteiger partial charge on any atom is 0.192 e. The summed E-state index contributed by atoms with van der Waals surface area (Å²) in [6.45, 7) is 19.3. The molecule has 0 radical (unpaired) electrons. The number of ether oxygens (including phenoxy) is 4. The first kappa shape index (κ1) is 32.3. The standard InChI is InChI=1S/C36H48O5Si/c1-27(2)32-35(41-42(6,7)36(3,4)5)34(39-25-30-21-15-10-16-22-30)33(38-24-29-19-13-9-14-20-29)31(40-32)26-37-23-28-17-11-8-12-18-28/h8-22,31-35H,1,23-26H2,2-7H3/t31-,32+,33-,34+,35+/m1/s1. The van der Waals surface area contributed by atoms with Gasteiger partial charge in [-0.25, -0.2) is 0 Å². The van der Waals surface area contributed by atoms with Gasteiger partial charge in [-0.05, 0) is 47.3 Å². The predicted molar refractivity (Wildman–Crippen MR) is 172 cm³/mol. The van der Waals surface area contributed by atoms with Crippen molar-refractivity contribution in [3.63, 3.8) is 0 Å². The molecule has 1 fully saturated rings. The fourth-order valence-electron chi connectivity index (χ4n) is 4.88. The third kappa shape index (κ3) is 8.72. The molecule has 0 saturated carbocycles. The van der Waals surface area contributed by atoms with Crippen LogP contribution in [0, 0.1) is 0 Å². The van der Waals surface area contributed by atoms with Crippen LogP contribution in [0.3, 0.4) is 0 Å². The minimum absolute atomic E-state index is 0.00659. The van der Waals surface area contributed by atoms with E-state index in [9.17, 15) is 0 Å². The Hall–Kier alpha value is -2.58. The summed E-state index contributed by atoms with van der Waals surface area (Å²) in [6.07, 6.45) is -1.93. The van der Waals surface area contributed by atoms with E-state index in [-0.39, 0.29) is 23.4 Å². The molecule has 0 N–H and O–H groups in total. The van der Waals surface area contributed by atoms with Crippen molar-refractivity contribution in [2.75, 3.05) is 6.61 Å². The van der Waals surface area contributed by atoms with Gasteiger partial charge < -0.3 is 23.4 Å². The maximum absolute atomic E-state index is 7.13. The first-order valence-electron chi connectivity index (χ1n) is 15.0. The van der Waals surface area contributed by atoms with Crippen molar-refractivity contribution in [3.8, 4) is 0 Å². The first-order valence-corrected chi connectivity index (χ1v) is 17.9. The zero-order chi connectivity index (χ0) is 30.2. The summed E-state index contributed by atoms with van der Waals surface area (Å²) in [5.74, 6) is 0. The molecule has 3 aromatic carbocycles. The molecule has 0 bridgehead atoms. The van der Waals surface area contributed by atoms with Crippen molar-refractivity contribution in [2.45, 2.75) is 96.2 Å².